The van der Waals surface area contributed by atoms with Crippen molar-refractivity contribution in [2.75, 3.05) is 20.1 Å². The van der Waals surface area contributed by atoms with Crippen LogP contribution in [0.5, 0.6) is 0 Å². The molecule has 0 spiro atoms. The summed E-state index contributed by atoms with van der Waals surface area (Å²) in [5, 5.41) is 23.3. The lowest BCUT2D eigenvalue weighted by atomic mass is 9.88. The van der Waals surface area contributed by atoms with Crippen LogP contribution in [0, 0.1) is 5.92 Å². The van der Waals surface area contributed by atoms with E-state index in [1.54, 1.807) is 29.6 Å². The fraction of sp³-hybridized carbons (Fsp3) is 0.438. The summed E-state index contributed by atoms with van der Waals surface area (Å²) in [6, 6.07) is 15.6. The lowest BCUT2D eigenvalue weighted by Crippen LogP contribution is -2.46. The number of likely N-dealkylation sites (N-methyl/N-ethyl adjacent to an activating group) is 1. The molecule has 0 bridgehead atoms. The number of carbonyl (C=O) groups is 1. The predicted octanol–water partition coefficient (Wildman–Crippen LogP) is 6.26. The van der Waals surface area contributed by atoms with E-state index < -0.39 is 23.8 Å². The number of nitrogens with one attached hydrogen (secondary N) is 1. The van der Waals surface area contributed by atoms with Gasteiger partial charge < -0.3 is 15.5 Å². The van der Waals surface area contributed by atoms with Crippen LogP contribution < -0.4 is 5.32 Å². The molecule has 0 radical (unpaired) electrons. The molecule has 0 saturated carbocycles. The zero-order chi connectivity index (χ0) is 30.5. The van der Waals surface area contributed by atoms with E-state index in [-0.39, 0.29) is 30.5 Å². The zero-order valence-corrected chi connectivity index (χ0v) is 24.9. The summed E-state index contributed by atoms with van der Waals surface area (Å²) in [4.78, 5) is 15.7. The Morgan fingerprint density at radius 1 is 1.12 bits per heavy atom. The highest BCUT2D eigenvalue weighted by atomic mass is 32.2. The summed E-state index contributed by atoms with van der Waals surface area (Å²) < 4.78 is 43.2. The molecule has 2 aromatic carbocycles. The summed E-state index contributed by atoms with van der Waals surface area (Å²) >= 11 is 1.11. The number of hydrogen-bond donors (Lipinski definition) is 3. The number of aliphatic hydroxyl groups excluding tert-OH is 1. The third kappa shape index (κ3) is 9.04. The van der Waals surface area contributed by atoms with Crippen LogP contribution in [-0.2, 0) is 30.2 Å². The maximum Gasteiger partial charge on any atom is 0.416 e. The van der Waals surface area contributed by atoms with Gasteiger partial charge in [-0.25, -0.2) is 4.31 Å². The molecule has 226 valence electrons. The number of nitrogens with zero attached hydrogens (tertiary/aromatic N) is 2. The Hall–Kier alpha value is -2.92. The summed E-state index contributed by atoms with van der Waals surface area (Å²) in [5.41, 5.74) is 2.98. The Balaban J connectivity index is 1.38. The fourth-order valence-electron chi connectivity index (χ4n) is 5.65. The SMILES string of the molecule is CN(CC(O)CNC(C)(C)CC1Cc2ccccc2C1)Sc1cc(-c2ncccc2CCC(=O)O)cc(C(F)(F)F)c1. The molecule has 1 unspecified atom stereocenters. The van der Waals surface area contributed by atoms with Gasteiger partial charge in [-0.05, 0) is 105 Å². The monoisotopic (exact) mass is 601 g/mol. The molecule has 0 saturated heterocycles. The molecule has 0 fully saturated rings. The van der Waals surface area contributed by atoms with Crippen molar-refractivity contribution in [1.82, 2.24) is 14.6 Å². The molecule has 6 nitrogen and oxygen atoms in total. The molecule has 42 heavy (non-hydrogen) atoms. The van der Waals surface area contributed by atoms with Gasteiger partial charge in [-0.2, -0.15) is 13.2 Å². The topological polar surface area (TPSA) is 85.7 Å². The molecule has 0 aliphatic heterocycles. The Kier molecular flexibility index (Phi) is 10.4. The third-order valence-electron chi connectivity index (χ3n) is 7.49. The van der Waals surface area contributed by atoms with E-state index >= 15 is 0 Å². The molecule has 1 atom stereocenters. The lowest BCUT2D eigenvalue weighted by molar-refractivity contribution is -0.138. The summed E-state index contributed by atoms with van der Waals surface area (Å²) in [6.45, 7) is 4.86. The largest absolute Gasteiger partial charge is 0.481 e. The predicted molar refractivity (Wildman–Crippen MR) is 159 cm³/mol. The Labute approximate surface area is 249 Å². The summed E-state index contributed by atoms with van der Waals surface area (Å²) in [6.07, 6.45) is -0.743. The van der Waals surface area contributed by atoms with Crippen LogP contribution in [0.15, 0.2) is 65.7 Å². The van der Waals surface area contributed by atoms with Gasteiger partial charge >= 0.3 is 12.1 Å². The number of pyridine rings is 1. The molecular weight excluding hydrogens is 563 g/mol. The number of aromatic nitrogens is 1. The van der Waals surface area contributed by atoms with Gasteiger partial charge in [0, 0.05) is 41.7 Å². The van der Waals surface area contributed by atoms with Gasteiger partial charge in [0.15, 0.2) is 0 Å². The molecule has 10 heteroatoms. The number of hydrogen-bond acceptors (Lipinski definition) is 6. The van der Waals surface area contributed by atoms with E-state index in [2.05, 4.69) is 48.4 Å². The lowest BCUT2D eigenvalue weighted by Gasteiger charge is -2.31. The zero-order valence-electron chi connectivity index (χ0n) is 24.1. The summed E-state index contributed by atoms with van der Waals surface area (Å²) in [7, 11) is 1.73. The molecule has 1 heterocycles. The van der Waals surface area contributed by atoms with E-state index in [4.69, 9.17) is 5.11 Å². The highest BCUT2D eigenvalue weighted by Gasteiger charge is 2.32. The normalized spacial score (nSPS) is 14.8. The molecule has 4 rings (SSSR count). The number of carboxylic acids is 1. The van der Waals surface area contributed by atoms with Crippen LogP contribution in [0.1, 0.15) is 48.9 Å². The van der Waals surface area contributed by atoms with Crippen molar-refractivity contribution < 1.29 is 28.2 Å². The van der Waals surface area contributed by atoms with Gasteiger partial charge in [-0.15, -0.1) is 0 Å². The van der Waals surface area contributed by atoms with Crippen molar-refractivity contribution in [1.29, 1.82) is 0 Å². The number of aliphatic hydroxyl groups is 1. The number of carboxylic acid groups (broad SMARTS) is 1. The molecule has 1 aliphatic carbocycles. The van der Waals surface area contributed by atoms with Gasteiger partial charge in [-0.3, -0.25) is 9.78 Å². The van der Waals surface area contributed by atoms with E-state index in [9.17, 15) is 23.1 Å². The molecule has 0 amide bonds. The van der Waals surface area contributed by atoms with Crippen LogP contribution in [0.3, 0.4) is 0 Å². The number of rotatable bonds is 13. The minimum atomic E-state index is -4.57. The average molecular weight is 602 g/mol. The number of β-amino-alcohol motifs (C(OH)–C–C–N with tert-alkyl or cyclic N) is 1. The third-order valence-corrected chi connectivity index (χ3v) is 8.39. The fourth-order valence-corrected chi connectivity index (χ4v) is 6.62. The standard InChI is InChI=1S/C32H38F3N3O3S/c1-31(2,18-21-13-23-7-4-5-8-24(23)14-21)37-19-27(39)20-38(3)42-28-16-25(15-26(17-28)32(33,34)35)30-22(9-6-12-36-30)10-11-29(40)41/h4-9,12,15-17,21,27,37,39H,10-11,13-14,18-20H2,1-3H3,(H,40,41). The minimum absolute atomic E-state index is 0.153. The van der Waals surface area contributed by atoms with Crippen LogP contribution >= 0.6 is 11.9 Å². The maximum atomic E-state index is 13.8. The number of aliphatic carboxylic acids is 1. The van der Waals surface area contributed by atoms with Crippen molar-refractivity contribution in [2.24, 2.45) is 5.92 Å². The van der Waals surface area contributed by atoms with Gasteiger partial charge in [0.25, 0.3) is 0 Å². The maximum absolute atomic E-state index is 13.8. The molecule has 3 aromatic rings. The van der Waals surface area contributed by atoms with Gasteiger partial charge in [0.1, 0.15) is 0 Å². The van der Waals surface area contributed by atoms with Crippen LogP contribution in [0.25, 0.3) is 11.3 Å². The number of benzene rings is 2. The molecule has 3 N–H and O–H groups in total. The first kappa shape index (κ1) is 32.0. The van der Waals surface area contributed by atoms with E-state index in [0.717, 1.165) is 43.3 Å². The van der Waals surface area contributed by atoms with Gasteiger partial charge in [-0.1, -0.05) is 30.3 Å². The van der Waals surface area contributed by atoms with Crippen molar-refractivity contribution in [3.05, 3.63) is 83.0 Å². The first-order valence-electron chi connectivity index (χ1n) is 14.1. The van der Waals surface area contributed by atoms with E-state index in [1.807, 2.05) is 0 Å². The highest BCUT2D eigenvalue weighted by Crippen LogP contribution is 2.37. The number of halogens is 3. The van der Waals surface area contributed by atoms with Gasteiger partial charge in [0.05, 0.1) is 17.4 Å². The minimum Gasteiger partial charge on any atom is -0.481 e. The number of fused-ring (bicyclic) bond motifs is 1. The first-order chi connectivity index (χ1) is 19.8. The molecular formula is C32H38F3N3O3S. The second kappa shape index (κ2) is 13.6. The van der Waals surface area contributed by atoms with E-state index in [0.29, 0.717) is 28.6 Å². The molecule has 1 aromatic heterocycles. The Bertz CT molecular complexity index is 1360. The van der Waals surface area contributed by atoms with E-state index in [1.165, 1.54) is 17.3 Å². The van der Waals surface area contributed by atoms with Crippen molar-refractivity contribution in [3.63, 3.8) is 0 Å². The number of alkyl halides is 3. The smallest absolute Gasteiger partial charge is 0.416 e. The average Bonchev–Trinajstić information content (AvgIpc) is 3.32. The first-order valence-corrected chi connectivity index (χ1v) is 14.8. The number of aryl methyl sites for hydroxylation is 1. The Morgan fingerprint density at radius 2 is 1.81 bits per heavy atom. The summed E-state index contributed by atoms with van der Waals surface area (Å²) in [5.74, 6) is -0.452. The van der Waals surface area contributed by atoms with Crippen LogP contribution in [-0.4, -0.2) is 57.3 Å². The Morgan fingerprint density at radius 3 is 2.45 bits per heavy atom. The van der Waals surface area contributed by atoms with Crippen molar-refractivity contribution >= 4 is 17.9 Å². The second-order valence-electron chi connectivity index (χ2n) is 11.7. The van der Waals surface area contributed by atoms with Crippen LogP contribution in [0.4, 0.5) is 13.2 Å². The quantitative estimate of drug-likeness (QED) is 0.200. The second-order valence-corrected chi connectivity index (χ2v) is 13.0. The van der Waals surface area contributed by atoms with Gasteiger partial charge in [0.2, 0.25) is 0 Å². The highest BCUT2D eigenvalue weighted by molar-refractivity contribution is 7.97. The van der Waals surface area contributed by atoms with Crippen molar-refractivity contribution in [3.8, 4) is 11.3 Å². The molecule has 1 aliphatic rings. The van der Waals surface area contributed by atoms with Crippen LogP contribution in [0.2, 0.25) is 0 Å². The van der Waals surface area contributed by atoms with Crippen molar-refractivity contribution in [2.45, 2.75) is 68.7 Å².